The van der Waals surface area contributed by atoms with E-state index >= 15 is 0 Å². The van der Waals surface area contributed by atoms with Gasteiger partial charge in [0.1, 0.15) is 0 Å². The fraction of sp³-hybridized carbons (Fsp3) is 0.250. The largest absolute Gasteiger partial charge is 0.478 e. The molecule has 0 saturated heterocycles. The van der Waals surface area contributed by atoms with E-state index in [1.54, 1.807) is 0 Å². The van der Waals surface area contributed by atoms with Gasteiger partial charge in [0.25, 0.3) is 0 Å². The number of rotatable bonds is 2. The zero-order valence-electron chi connectivity index (χ0n) is 7.63. The van der Waals surface area contributed by atoms with Crippen LogP contribution in [-0.4, -0.2) is 22.2 Å². The molecule has 0 unspecified atom stereocenters. The molecule has 13 heavy (non-hydrogen) atoms. The molecule has 0 aliphatic rings. The molecule has 0 aromatic heterocycles. The molecule has 0 rings (SSSR count). The molecule has 0 aromatic carbocycles. The summed E-state index contributed by atoms with van der Waals surface area (Å²) in [4.78, 5) is 19.2. The van der Waals surface area contributed by atoms with Crippen molar-refractivity contribution in [2.75, 3.05) is 0 Å². The minimum Gasteiger partial charge on any atom is -0.478 e. The molecule has 5 heteroatoms. The van der Waals surface area contributed by atoms with Gasteiger partial charge in [0.15, 0.2) is 0 Å². The quantitative estimate of drug-likeness (QED) is 0.736. The summed E-state index contributed by atoms with van der Waals surface area (Å²) < 4.78 is 0. The minimum absolute atomic E-state index is 0. The van der Waals surface area contributed by atoms with Crippen LogP contribution in [0.3, 0.4) is 0 Å². The van der Waals surface area contributed by atoms with Gasteiger partial charge in [0, 0.05) is 37.3 Å². The van der Waals surface area contributed by atoms with Gasteiger partial charge in [0.05, 0.1) is 0 Å². The fourth-order valence-corrected chi connectivity index (χ4v) is 0. The first kappa shape index (κ1) is 18.2. The third-order valence-corrected chi connectivity index (χ3v) is 0.730. The molecule has 0 aliphatic heterocycles. The molecule has 72 valence electrons. The molecule has 0 radical (unpaired) electrons. The van der Waals surface area contributed by atoms with Crippen LogP contribution in [0.1, 0.15) is 13.8 Å². The molecule has 0 spiro atoms. The standard InChI is InChI=1S/2C4H6O2.Zr/c2*1-3(2)4(5)6;/h2*1H2,2H3,(H,5,6);. The van der Waals surface area contributed by atoms with E-state index in [9.17, 15) is 9.59 Å². The summed E-state index contributed by atoms with van der Waals surface area (Å²) in [6.07, 6.45) is 0. The van der Waals surface area contributed by atoms with Crippen molar-refractivity contribution in [1.29, 1.82) is 0 Å². The topological polar surface area (TPSA) is 74.6 Å². The molecule has 0 bridgehead atoms. The fourth-order valence-electron chi connectivity index (χ4n) is 0. The van der Waals surface area contributed by atoms with Crippen molar-refractivity contribution in [1.82, 2.24) is 0 Å². The number of hydrogen-bond acceptors (Lipinski definition) is 2. The van der Waals surface area contributed by atoms with Gasteiger partial charge < -0.3 is 10.2 Å². The zero-order chi connectivity index (χ0) is 10.3. The van der Waals surface area contributed by atoms with Gasteiger partial charge >= 0.3 is 11.9 Å². The summed E-state index contributed by atoms with van der Waals surface area (Å²) in [6, 6.07) is 0. The van der Waals surface area contributed by atoms with Crippen LogP contribution in [0.15, 0.2) is 24.3 Å². The predicted molar refractivity (Wildman–Crippen MR) is 44.9 cm³/mol. The minimum atomic E-state index is -0.935. The summed E-state index contributed by atoms with van der Waals surface area (Å²) in [7, 11) is 0. The van der Waals surface area contributed by atoms with Crippen molar-refractivity contribution in [3.05, 3.63) is 24.3 Å². The van der Waals surface area contributed by atoms with Gasteiger partial charge in [-0.1, -0.05) is 13.2 Å². The summed E-state index contributed by atoms with van der Waals surface area (Å²) in [5, 5.41) is 15.8. The Morgan fingerprint density at radius 1 is 0.923 bits per heavy atom. The number of carboxylic acids is 2. The molecular formula is C8H12O4Zr. The van der Waals surface area contributed by atoms with Crippen molar-refractivity contribution in [3.8, 4) is 0 Å². The van der Waals surface area contributed by atoms with Crippen LogP contribution in [0.5, 0.6) is 0 Å². The summed E-state index contributed by atoms with van der Waals surface area (Å²) in [5.74, 6) is -1.87. The molecule has 0 atom stereocenters. The second-order valence-electron chi connectivity index (χ2n) is 2.17. The molecule has 0 aromatic rings. The van der Waals surface area contributed by atoms with Crippen LogP contribution in [0.4, 0.5) is 0 Å². The van der Waals surface area contributed by atoms with E-state index in [2.05, 4.69) is 13.2 Å². The van der Waals surface area contributed by atoms with Gasteiger partial charge in [-0.3, -0.25) is 0 Å². The Hall–Kier alpha value is -0.697. The van der Waals surface area contributed by atoms with Crippen LogP contribution in [0.25, 0.3) is 0 Å². The monoisotopic (exact) mass is 262 g/mol. The van der Waals surface area contributed by atoms with Gasteiger partial charge in [-0.15, -0.1) is 0 Å². The third kappa shape index (κ3) is 18.3. The first-order valence-electron chi connectivity index (χ1n) is 3.06. The molecule has 0 aliphatic carbocycles. The predicted octanol–water partition coefficient (Wildman–Crippen LogP) is 1.29. The smallest absolute Gasteiger partial charge is 0.330 e. The Morgan fingerprint density at radius 2 is 1.00 bits per heavy atom. The first-order valence-corrected chi connectivity index (χ1v) is 3.06. The van der Waals surface area contributed by atoms with Gasteiger partial charge in [0.2, 0.25) is 0 Å². The van der Waals surface area contributed by atoms with Crippen LogP contribution < -0.4 is 0 Å². The first-order chi connectivity index (χ1) is 5.29. The van der Waals surface area contributed by atoms with Gasteiger partial charge in [-0.25, -0.2) is 9.59 Å². The maximum Gasteiger partial charge on any atom is 0.330 e. The van der Waals surface area contributed by atoms with Crippen molar-refractivity contribution in [3.63, 3.8) is 0 Å². The Labute approximate surface area is 96.1 Å². The second kappa shape index (κ2) is 9.39. The Balaban J connectivity index is -0.000000143. The van der Waals surface area contributed by atoms with Crippen LogP contribution in [0.2, 0.25) is 0 Å². The maximum absolute atomic E-state index is 9.60. The van der Waals surface area contributed by atoms with Crippen molar-refractivity contribution in [2.24, 2.45) is 0 Å². The van der Waals surface area contributed by atoms with E-state index in [0.717, 1.165) is 0 Å². The number of aliphatic carboxylic acids is 2. The van der Waals surface area contributed by atoms with Crippen LogP contribution >= 0.6 is 0 Å². The summed E-state index contributed by atoms with van der Waals surface area (Å²) >= 11 is 0. The Morgan fingerprint density at radius 3 is 1.00 bits per heavy atom. The zero-order valence-corrected chi connectivity index (χ0v) is 10.1. The Bertz CT molecular complexity index is 172. The number of hydrogen-bond donors (Lipinski definition) is 2. The molecule has 0 saturated carbocycles. The average Bonchev–Trinajstić information content (AvgIpc) is 1.88. The van der Waals surface area contributed by atoms with E-state index in [0.29, 0.717) is 0 Å². The normalized spacial score (nSPS) is 6.92. The van der Waals surface area contributed by atoms with Crippen molar-refractivity contribution < 1.29 is 46.0 Å². The second-order valence-corrected chi connectivity index (χ2v) is 2.17. The SMILES string of the molecule is C=C(C)C(=O)O.C=C(C)C(=O)O.[Zr]. The van der Waals surface area contributed by atoms with Crippen molar-refractivity contribution in [2.45, 2.75) is 13.8 Å². The van der Waals surface area contributed by atoms with E-state index in [1.807, 2.05) is 0 Å². The molecular weight excluding hydrogens is 251 g/mol. The van der Waals surface area contributed by atoms with E-state index < -0.39 is 11.9 Å². The maximum atomic E-state index is 9.60. The average molecular weight is 263 g/mol. The van der Waals surface area contributed by atoms with Crippen molar-refractivity contribution >= 4 is 11.9 Å². The third-order valence-electron chi connectivity index (χ3n) is 0.730. The van der Waals surface area contributed by atoms with Crippen LogP contribution in [0, 0.1) is 0 Å². The molecule has 4 nitrogen and oxygen atoms in total. The molecule has 0 amide bonds. The van der Waals surface area contributed by atoms with E-state index in [-0.39, 0.29) is 37.3 Å². The molecule has 0 heterocycles. The molecule has 0 fully saturated rings. The summed E-state index contributed by atoms with van der Waals surface area (Å²) in [5.41, 5.74) is 0.352. The number of carbonyl (C=O) groups is 2. The van der Waals surface area contributed by atoms with E-state index in [1.165, 1.54) is 13.8 Å². The number of carboxylic acid groups (broad SMARTS) is 2. The Kier molecular flexibility index (Phi) is 13.1. The molecule has 2 N–H and O–H groups in total. The van der Waals surface area contributed by atoms with E-state index in [4.69, 9.17) is 10.2 Å². The van der Waals surface area contributed by atoms with Gasteiger partial charge in [-0.05, 0) is 13.8 Å². The summed E-state index contributed by atoms with van der Waals surface area (Å²) in [6.45, 7) is 9.20. The van der Waals surface area contributed by atoms with Gasteiger partial charge in [-0.2, -0.15) is 0 Å². The van der Waals surface area contributed by atoms with Crippen LogP contribution in [-0.2, 0) is 35.8 Å².